The highest BCUT2D eigenvalue weighted by molar-refractivity contribution is 5.79. The van der Waals surface area contributed by atoms with Crippen LogP contribution in [-0.2, 0) is 11.2 Å². The van der Waals surface area contributed by atoms with E-state index < -0.39 is 0 Å². The second-order valence-electron chi connectivity index (χ2n) is 4.64. The average molecular weight is 243 g/mol. The van der Waals surface area contributed by atoms with Gasteiger partial charge in [0, 0.05) is 12.5 Å². The lowest BCUT2D eigenvalue weighted by Crippen LogP contribution is -2.41. The Labute approximate surface area is 108 Å². The quantitative estimate of drug-likeness (QED) is 0.822. The molecule has 1 heterocycles. The largest absolute Gasteiger partial charge is 0.492 e. The van der Waals surface area contributed by atoms with Crippen molar-refractivity contribution in [2.24, 2.45) is 5.92 Å². The molecule has 1 aliphatic rings. The average Bonchev–Trinajstić information content (AvgIpc) is 2.38. The number of terminal acetylenes is 1. The smallest absolute Gasteiger partial charge is 0.227 e. The molecule has 0 aliphatic carbocycles. The van der Waals surface area contributed by atoms with Gasteiger partial charge in [-0.05, 0) is 25.0 Å². The summed E-state index contributed by atoms with van der Waals surface area (Å²) in [5.41, 5.74) is 1.09. The lowest BCUT2D eigenvalue weighted by atomic mass is 9.96. The van der Waals surface area contributed by atoms with Crippen molar-refractivity contribution < 1.29 is 9.53 Å². The number of rotatable bonds is 3. The summed E-state index contributed by atoms with van der Waals surface area (Å²) in [7, 11) is 0. The van der Waals surface area contributed by atoms with E-state index in [0.29, 0.717) is 13.0 Å². The molecule has 2 atom stereocenters. The summed E-state index contributed by atoms with van der Waals surface area (Å²) >= 11 is 0. The minimum atomic E-state index is -0.125. The number of carbonyl (C=O) groups is 1. The highest BCUT2D eigenvalue weighted by Crippen LogP contribution is 2.26. The van der Waals surface area contributed by atoms with Crippen molar-refractivity contribution in [3.63, 3.8) is 0 Å². The normalized spacial score (nSPS) is 19.0. The number of hydrogen-bond acceptors (Lipinski definition) is 2. The van der Waals surface area contributed by atoms with E-state index in [9.17, 15) is 4.79 Å². The Morgan fingerprint density at radius 2 is 2.39 bits per heavy atom. The molecular weight excluding hydrogens is 226 g/mol. The fourth-order valence-electron chi connectivity index (χ4n) is 2.08. The summed E-state index contributed by atoms with van der Waals surface area (Å²) in [5, 5.41) is 2.92. The number of carbonyl (C=O) groups excluding carboxylic acids is 1. The first-order chi connectivity index (χ1) is 8.70. The predicted octanol–water partition coefficient (Wildman–Crippen LogP) is 1.77. The Bertz CT molecular complexity index is 476. The Morgan fingerprint density at radius 1 is 1.61 bits per heavy atom. The standard InChI is InChI=1S/C15H17NO2/c1-3-6-11(2)16-15(17)13-9-12-7-4-5-8-14(12)18-10-13/h1,4-5,7-8,11,13H,6,9-10H2,2H3,(H,16,17). The zero-order valence-electron chi connectivity index (χ0n) is 10.5. The number of benzene rings is 1. The van der Waals surface area contributed by atoms with Gasteiger partial charge in [-0.2, -0.15) is 0 Å². The maximum atomic E-state index is 12.0. The predicted molar refractivity (Wildman–Crippen MR) is 70.2 cm³/mol. The van der Waals surface area contributed by atoms with E-state index >= 15 is 0 Å². The van der Waals surface area contributed by atoms with E-state index in [-0.39, 0.29) is 17.9 Å². The number of amides is 1. The first-order valence-corrected chi connectivity index (χ1v) is 6.15. The summed E-state index contributed by atoms with van der Waals surface area (Å²) < 4.78 is 5.60. The molecule has 1 N–H and O–H groups in total. The van der Waals surface area contributed by atoms with E-state index in [1.165, 1.54) is 0 Å². The molecule has 0 bridgehead atoms. The molecule has 0 spiro atoms. The van der Waals surface area contributed by atoms with Crippen LogP contribution < -0.4 is 10.1 Å². The Morgan fingerprint density at radius 3 is 3.17 bits per heavy atom. The van der Waals surface area contributed by atoms with Crippen molar-refractivity contribution in [3.05, 3.63) is 29.8 Å². The van der Waals surface area contributed by atoms with Crippen LogP contribution in [0.1, 0.15) is 18.9 Å². The van der Waals surface area contributed by atoms with Gasteiger partial charge in [-0.3, -0.25) is 4.79 Å². The van der Waals surface area contributed by atoms with Gasteiger partial charge in [0.05, 0.1) is 5.92 Å². The molecule has 1 amide bonds. The lowest BCUT2D eigenvalue weighted by Gasteiger charge is -2.25. The molecule has 1 aromatic rings. The first-order valence-electron chi connectivity index (χ1n) is 6.15. The Balaban J connectivity index is 1.97. The lowest BCUT2D eigenvalue weighted by molar-refractivity contribution is -0.126. The van der Waals surface area contributed by atoms with E-state index in [1.54, 1.807) is 0 Å². The third-order valence-electron chi connectivity index (χ3n) is 3.06. The van der Waals surface area contributed by atoms with E-state index in [2.05, 4.69) is 11.2 Å². The first kappa shape index (κ1) is 12.5. The Kier molecular flexibility index (Phi) is 3.88. The van der Waals surface area contributed by atoms with Crippen molar-refractivity contribution >= 4 is 5.91 Å². The summed E-state index contributed by atoms with van der Waals surface area (Å²) in [4.78, 5) is 12.0. The van der Waals surface area contributed by atoms with Crippen molar-refractivity contribution in [1.29, 1.82) is 0 Å². The zero-order chi connectivity index (χ0) is 13.0. The van der Waals surface area contributed by atoms with Crippen LogP contribution in [-0.4, -0.2) is 18.6 Å². The maximum Gasteiger partial charge on any atom is 0.227 e. The van der Waals surface area contributed by atoms with Crippen LogP contribution >= 0.6 is 0 Å². The van der Waals surface area contributed by atoms with Crippen LogP contribution in [0.3, 0.4) is 0 Å². The van der Waals surface area contributed by atoms with Gasteiger partial charge in [-0.25, -0.2) is 0 Å². The van der Waals surface area contributed by atoms with Crippen LogP contribution in [0.5, 0.6) is 5.75 Å². The van der Waals surface area contributed by atoms with Crippen LogP contribution in [0, 0.1) is 18.3 Å². The highest BCUT2D eigenvalue weighted by atomic mass is 16.5. The highest BCUT2D eigenvalue weighted by Gasteiger charge is 2.26. The molecular formula is C15H17NO2. The van der Waals surface area contributed by atoms with Gasteiger partial charge in [0.25, 0.3) is 0 Å². The molecule has 1 aromatic carbocycles. The molecule has 3 nitrogen and oxygen atoms in total. The summed E-state index contributed by atoms with van der Waals surface area (Å²) in [5.74, 6) is 3.33. The maximum absolute atomic E-state index is 12.0. The molecule has 18 heavy (non-hydrogen) atoms. The molecule has 2 rings (SSSR count). The number of hydrogen-bond donors (Lipinski definition) is 1. The van der Waals surface area contributed by atoms with Gasteiger partial charge in [-0.15, -0.1) is 12.3 Å². The van der Waals surface area contributed by atoms with Gasteiger partial charge in [0.15, 0.2) is 0 Å². The fraction of sp³-hybridized carbons (Fsp3) is 0.400. The van der Waals surface area contributed by atoms with Gasteiger partial charge in [0.2, 0.25) is 5.91 Å². The van der Waals surface area contributed by atoms with E-state index in [1.807, 2.05) is 31.2 Å². The van der Waals surface area contributed by atoms with Crippen LogP contribution in [0.25, 0.3) is 0 Å². The Hall–Kier alpha value is -1.95. The van der Waals surface area contributed by atoms with Crippen molar-refractivity contribution in [3.8, 4) is 18.1 Å². The van der Waals surface area contributed by atoms with Gasteiger partial charge >= 0.3 is 0 Å². The van der Waals surface area contributed by atoms with Crippen LogP contribution in [0.4, 0.5) is 0 Å². The zero-order valence-corrected chi connectivity index (χ0v) is 10.5. The third-order valence-corrected chi connectivity index (χ3v) is 3.06. The van der Waals surface area contributed by atoms with Gasteiger partial charge in [-0.1, -0.05) is 18.2 Å². The summed E-state index contributed by atoms with van der Waals surface area (Å²) in [6, 6.07) is 7.85. The molecule has 3 heteroatoms. The molecule has 2 unspecified atom stereocenters. The summed E-state index contributed by atoms with van der Waals surface area (Å²) in [6.07, 6.45) is 6.50. The van der Waals surface area contributed by atoms with Gasteiger partial charge in [0.1, 0.15) is 12.4 Å². The van der Waals surface area contributed by atoms with Crippen molar-refractivity contribution in [1.82, 2.24) is 5.32 Å². The minimum absolute atomic E-state index is 0.0136. The third kappa shape index (κ3) is 2.84. The molecule has 1 aliphatic heterocycles. The molecule has 0 radical (unpaired) electrons. The fourth-order valence-corrected chi connectivity index (χ4v) is 2.08. The van der Waals surface area contributed by atoms with E-state index in [0.717, 1.165) is 17.7 Å². The molecule has 0 aromatic heterocycles. The molecule has 0 saturated carbocycles. The minimum Gasteiger partial charge on any atom is -0.492 e. The second kappa shape index (κ2) is 5.59. The second-order valence-corrected chi connectivity index (χ2v) is 4.64. The molecule has 0 saturated heterocycles. The number of fused-ring (bicyclic) bond motifs is 1. The van der Waals surface area contributed by atoms with Gasteiger partial charge < -0.3 is 10.1 Å². The topological polar surface area (TPSA) is 38.3 Å². The number of para-hydroxylation sites is 1. The molecule has 0 fully saturated rings. The van der Waals surface area contributed by atoms with Crippen molar-refractivity contribution in [2.45, 2.75) is 25.8 Å². The van der Waals surface area contributed by atoms with E-state index in [4.69, 9.17) is 11.2 Å². The van der Waals surface area contributed by atoms with Crippen LogP contribution in [0.15, 0.2) is 24.3 Å². The van der Waals surface area contributed by atoms with Crippen LogP contribution in [0.2, 0.25) is 0 Å². The molecule has 94 valence electrons. The SMILES string of the molecule is C#CCC(C)NC(=O)C1COc2ccccc2C1. The summed E-state index contributed by atoms with van der Waals surface area (Å²) in [6.45, 7) is 2.35. The monoisotopic (exact) mass is 243 g/mol. The number of ether oxygens (including phenoxy) is 1. The number of nitrogens with one attached hydrogen (secondary N) is 1. The van der Waals surface area contributed by atoms with Crippen molar-refractivity contribution in [2.75, 3.05) is 6.61 Å².